The monoisotopic (exact) mass is 234 g/mol. The summed E-state index contributed by atoms with van der Waals surface area (Å²) in [5.74, 6) is -0.930. The van der Waals surface area contributed by atoms with E-state index in [0.29, 0.717) is 11.1 Å². The Kier molecular flexibility index (Phi) is 2.74. The van der Waals surface area contributed by atoms with Gasteiger partial charge in [0.2, 0.25) is 0 Å². The van der Waals surface area contributed by atoms with Crippen molar-refractivity contribution >= 4 is 5.97 Å². The minimum absolute atomic E-state index is 0.186. The summed E-state index contributed by atoms with van der Waals surface area (Å²) in [7, 11) is 0. The lowest BCUT2D eigenvalue weighted by molar-refractivity contribution is 0.0332. The molecule has 92 valence electrons. The highest BCUT2D eigenvalue weighted by molar-refractivity contribution is 5.90. The Morgan fingerprint density at radius 2 is 2.06 bits per heavy atom. The molecule has 0 amide bonds. The molecule has 3 heteroatoms. The van der Waals surface area contributed by atoms with Crippen LogP contribution in [-0.4, -0.2) is 16.2 Å². The highest BCUT2D eigenvalue weighted by atomic mass is 16.4. The van der Waals surface area contributed by atoms with Gasteiger partial charge in [0.05, 0.1) is 11.7 Å². The number of rotatable bonds is 1. The second-order valence-electron chi connectivity index (χ2n) is 5.51. The maximum Gasteiger partial charge on any atom is 0.335 e. The van der Waals surface area contributed by atoms with Crippen molar-refractivity contribution < 1.29 is 15.0 Å². The minimum atomic E-state index is -0.930. The summed E-state index contributed by atoms with van der Waals surface area (Å²) < 4.78 is 0. The molecule has 3 nitrogen and oxygen atoms in total. The van der Waals surface area contributed by atoms with Crippen LogP contribution in [-0.2, 0) is 6.42 Å². The van der Waals surface area contributed by atoms with E-state index in [-0.39, 0.29) is 5.41 Å². The molecule has 1 unspecified atom stereocenters. The number of carboxylic acid groups (broad SMARTS) is 1. The molecule has 1 aromatic rings. The lowest BCUT2D eigenvalue weighted by Crippen LogP contribution is -2.29. The number of aryl methyl sites for hydroxylation is 1. The molecular formula is C14H18O3. The molecule has 0 heterocycles. The van der Waals surface area contributed by atoms with E-state index in [0.717, 1.165) is 24.0 Å². The predicted octanol–water partition coefficient (Wildman–Crippen LogP) is 2.70. The zero-order chi connectivity index (χ0) is 12.8. The number of aliphatic hydroxyl groups is 1. The average molecular weight is 234 g/mol. The highest BCUT2D eigenvalue weighted by Gasteiger charge is 2.36. The fraction of sp³-hybridized carbons (Fsp3) is 0.500. The van der Waals surface area contributed by atoms with Gasteiger partial charge in [-0.1, -0.05) is 19.9 Å². The SMILES string of the molecule is Cc1c(C(=O)O)ccc2c1C(O)C(C)(C)CC2. The second kappa shape index (κ2) is 3.84. The molecule has 1 atom stereocenters. The van der Waals surface area contributed by atoms with Crippen molar-refractivity contribution in [1.29, 1.82) is 0 Å². The largest absolute Gasteiger partial charge is 0.478 e. The number of aliphatic hydroxyl groups excluding tert-OH is 1. The number of benzene rings is 1. The number of carbonyl (C=O) groups is 1. The fourth-order valence-corrected chi connectivity index (χ4v) is 2.60. The molecular weight excluding hydrogens is 216 g/mol. The summed E-state index contributed by atoms with van der Waals surface area (Å²) in [5.41, 5.74) is 2.71. The average Bonchev–Trinajstić information content (AvgIpc) is 2.23. The smallest absolute Gasteiger partial charge is 0.335 e. The van der Waals surface area contributed by atoms with Gasteiger partial charge >= 0.3 is 5.97 Å². The van der Waals surface area contributed by atoms with Crippen molar-refractivity contribution in [1.82, 2.24) is 0 Å². The number of carboxylic acids is 1. The van der Waals surface area contributed by atoms with Crippen LogP contribution >= 0.6 is 0 Å². The van der Waals surface area contributed by atoms with E-state index in [1.54, 1.807) is 13.0 Å². The lowest BCUT2D eigenvalue weighted by atomic mass is 9.70. The van der Waals surface area contributed by atoms with Crippen LogP contribution in [0.25, 0.3) is 0 Å². The first kappa shape index (κ1) is 12.1. The Bertz CT molecular complexity index is 475. The number of hydrogen-bond acceptors (Lipinski definition) is 2. The molecule has 2 N–H and O–H groups in total. The second-order valence-corrected chi connectivity index (χ2v) is 5.51. The van der Waals surface area contributed by atoms with E-state index < -0.39 is 12.1 Å². The van der Waals surface area contributed by atoms with Crippen molar-refractivity contribution in [3.63, 3.8) is 0 Å². The van der Waals surface area contributed by atoms with Gasteiger partial charge in [-0.15, -0.1) is 0 Å². The molecule has 0 fully saturated rings. The Labute approximate surface area is 101 Å². The molecule has 0 aromatic heterocycles. The third-order valence-corrected chi connectivity index (χ3v) is 3.89. The molecule has 0 saturated carbocycles. The highest BCUT2D eigenvalue weighted by Crippen LogP contribution is 2.45. The van der Waals surface area contributed by atoms with Crippen LogP contribution in [0.3, 0.4) is 0 Å². The Morgan fingerprint density at radius 1 is 1.41 bits per heavy atom. The Morgan fingerprint density at radius 3 is 2.65 bits per heavy atom. The summed E-state index contributed by atoms with van der Waals surface area (Å²) in [4.78, 5) is 11.1. The summed E-state index contributed by atoms with van der Waals surface area (Å²) >= 11 is 0. The van der Waals surface area contributed by atoms with E-state index in [4.69, 9.17) is 5.11 Å². The topological polar surface area (TPSA) is 57.5 Å². The minimum Gasteiger partial charge on any atom is -0.478 e. The first-order chi connectivity index (χ1) is 7.84. The van der Waals surface area contributed by atoms with Gasteiger partial charge in [-0.2, -0.15) is 0 Å². The van der Waals surface area contributed by atoms with Crippen LogP contribution in [0.4, 0.5) is 0 Å². The van der Waals surface area contributed by atoms with Crippen molar-refractivity contribution in [2.45, 2.75) is 39.7 Å². The summed E-state index contributed by atoms with van der Waals surface area (Å²) in [6.45, 7) is 5.83. The number of fused-ring (bicyclic) bond motifs is 1. The number of hydrogen-bond donors (Lipinski definition) is 2. The fourth-order valence-electron chi connectivity index (χ4n) is 2.60. The molecule has 0 aliphatic heterocycles. The predicted molar refractivity (Wildman–Crippen MR) is 65.2 cm³/mol. The molecule has 0 radical (unpaired) electrons. The van der Waals surface area contributed by atoms with Crippen molar-refractivity contribution in [2.75, 3.05) is 0 Å². The van der Waals surface area contributed by atoms with Gasteiger partial charge in [-0.05, 0) is 47.9 Å². The quantitative estimate of drug-likeness (QED) is 0.785. The maximum absolute atomic E-state index is 11.1. The summed E-state index contributed by atoms with van der Waals surface area (Å²) in [6.07, 6.45) is 1.25. The van der Waals surface area contributed by atoms with Crippen LogP contribution in [0.15, 0.2) is 12.1 Å². The van der Waals surface area contributed by atoms with Gasteiger partial charge in [0.1, 0.15) is 0 Å². The molecule has 1 aliphatic carbocycles. The van der Waals surface area contributed by atoms with Crippen LogP contribution in [0.5, 0.6) is 0 Å². The summed E-state index contributed by atoms with van der Waals surface area (Å²) in [5, 5.41) is 19.5. The first-order valence-corrected chi connectivity index (χ1v) is 5.88. The third kappa shape index (κ3) is 1.84. The number of aromatic carboxylic acids is 1. The Hall–Kier alpha value is -1.35. The van der Waals surface area contributed by atoms with Crippen molar-refractivity contribution in [3.8, 4) is 0 Å². The Balaban J connectivity index is 2.61. The molecule has 17 heavy (non-hydrogen) atoms. The normalized spacial score (nSPS) is 22.0. The van der Waals surface area contributed by atoms with E-state index in [2.05, 4.69) is 0 Å². The molecule has 0 spiro atoms. The third-order valence-electron chi connectivity index (χ3n) is 3.89. The van der Waals surface area contributed by atoms with Crippen LogP contribution < -0.4 is 0 Å². The van der Waals surface area contributed by atoms with Gasteiger partial charge in [0, 0.05) is 0 Å². The first-order valence-electron chi connectivity index (χ1n) is 5.88. The van der Waals surface area contributed by atoms with Crippen LogP contribution in [0.2, 0.25) is 0 Å². The zero-order valence-corrected chi connectivity index (χ0v) is 10.4. The molecule has 1 aromatic carbocycles. The van der Waals surface area contributed by atoms with E-state index in [1.165, 1.54) is 0 Å². The van der Waals surface area contributed by atoms with Gasteiger partial charge in [0.25, 0.3) is 0 Å². The van der Waals surface area contributed by atoms with Gasteiger partial charge in [-0.3, -0.25) is 0 Å². The van der Waals surface area contributed by atoms with Crippen molar-refractivity contribution in [3.05, 3.63) is 34.4 Å². The molecule has 0 saturated heterocycles. The van der Waals surface area contributed by atoms with E-state index in [9.17, 15) is 9.90 Å². The molecule has 0 bridgehead atoms. The molecule has 2 rings (SSSR count). The van der Waals surface area contributed by atoms with Crippen LogP contribution in [0, 0.1) is 12.3 Å². The van der Waals surface area contributed by atoms with Gasteiger partial charge < -0.3 is 10.2 Å². The lowest BCUT2D eigenvalue weighted by Gasteiger charge is -2.38. The zero-order valence-electron chi connectivity index (χ0n) is 10.4. The van der Waals surface area contributed by atoms with Crippen molar-refractivity contribution in [2.24, 2.45) is 5.41 Å². The maximum atomic E-state index is 11.1. The van der Waals surface area contributed by atoms with Gasteiger partial charge in [0.15, 0.2) is 0 Å². The molecule has 1 aliphatic rings. The van der Waals surface area contributed by atoms with Crippen LogP contribution in [0.1, 0.15) is 53.4 Å². The van der Waals surface area contributed by atoms with E-state index >= 15 is 0 Å². The summed E-state index contributed by atoms with van der Waals surface area (Å²) in [6, 6.07) is 3.48. The van der Waals surface area contributed by atoms with Gasteiger partial charge in [-0.25, -0.2) is 4.79 Å². The standard InChI is InChI=1S/C14H18O3/c1-8-10(13(16)17)5-4-9-6-7-14(2,3)12(15)11(8)9/h4-5,12,15H,6-7H2,1-3H3,(H,16,17). The van der Waals surface area contributed by atoms with E-state index in [1.807, 2.05) is 19.9 Å².